The Morgan fingerprint density at radius 2 is 1.28 bits per heavy atom. The second kappa shape index (κ2) is 21.8. The fourth-order valence-electron chi connectivity index (χ4n) is 6.13. The Hall–Kier alpha value is -6.58. The van der Waals surface area contributed by atoms with E-state index in [1.165, 1.54) is 68.6 Å². The summed E-state index contributed by atoms with van der Waals surface area (Å²) < 4.78 is 122. The zero-order valence-electron chi connectivity index (χ0n) is 36.3. The lowest BCUT2D eigenvalue weighted by molar-refractivity contribution is -0.126. The summed E-state index contributed by atoms with van der Waals surface area (Å²) in [4.78, 5) is 37.2. The second-order valence-corrected chi connectivity index (χ2v) is 18.5. The molecule has 67 heavy (non-hydrogen) atoms. The number of carbonyl (C=O) groups excluding carboxylic acids is 3. The fraction of sp³-hybridized carbons (Fsp3) is 0.262. The van der Waals surface area contributed by atoms with Gasteiger partial charge in [-0.15, -0.1) is 0 Å². The number of hydrogen-bond acceptors (Lipinski definition) is 17. The molecule has 5 aromatic rings. The first-order valence-electron chi connectivity index (χ1n) is 19.7. The number of ether oxygens (including phenoxy) is 4. The van der Waals surface area contributed by atoms with Gasteiger partial charge in [0.15, 0.2) is 5.78 Å². The fourth-order valence-corrected chi connectivity index (χ4v) is 8.20. The molecule has 1 atom stereocenters. The number of Topliss-reactive ketones (excluding diaryl/α,β-unsaturated/α-hetero) is 1. The highest BCUT2D eigenvalue weighted by atomic mass is 32.2. The molecule has 0 aliphatic carbocycles. The molecule has 0 fully saturated rings. The number of rotatable bonds is 21. The minimum Gasteiger partial charge on any atom is -0.495 e. The van der Waals surface area contributed by atoms with Crippen molar-refractivity contribution in [1.82, 2.24) is 0 Å². The zero-order chi connectivity index (χ0) is 49.3. The first kappa shape index (κ1) is 51.4. The highest BCUT2D eigenvalue weighted by Gasteiger charge is 2.26. The van der Waals surface area contributed by atoms with E-state index in [1.54, 1.807) is 13.0 Å². The predicted molar refractivity (Wildman–Crippen MR) is 241 cm³/mol. The number of aryl methyl sites for hydroxylation is 2. The molecule has 0 saturated carbocycles. The summed E-state index contributed by atoms with van der Waals surface area (Å²) in [5.41, 5.74) is 1.52. The van der Waals surface area contributed by atoms with Gasteiger partial charge in [0.25, 0.3) is 42.2 Å². The molecule has 356 valence electrons. The van der Waals surface area contributed by atoms with Crippen LogP contribution in [0, 0.1) is 13.8 Å². The molecular weight excluding hydrogens is 941 g/mol. The number of amides is 2. The highest BCUT2D eigenvalue weighted by Crippen LogP contribution is 2.36. The number of azo groups is 2. The van der Waals surface area contributed by atoms with Crippen LogP contribution in [-0.4, -0.2) is 103 Å². The topological polar surface area (TPSA) is 325 Å². The van der Waals surface area contributed by atoms with Crippen molar-refractivity contribution in [3.8, 4) is 11.5 Å². The van der Waals surface area contributed by atoms with E-state index in [0.717, 1.165) is 19.1 Å². The van der Waals surface area contributed by atoms with E-state index < -0.39 is 68.7 Å². The van der Waals surface area contributed by atoms with Crippen LogP contribution in [0.5, 0.6) is 11.5 Å². The first-order valence-corrected chi connectivity index (χ1v) is 24.0. The molecule has 5 rings (SSSR count). The maximum atomic E-state index is 13.5. The molecule has 22 nitrogen and oxygen atoms in total. The molecule has 2 amide bonds. The van der Waals surface area contributed by atoms with Crippen molar-refractivity contribution in [2.75, 3.05) is 50.8 Å². The Morgan fingerprint density at radius 1 is 0.657 bits per heavy atom. The third-order valence-corrected chi connectivity index (χ3v) is 12.1. The lowest BCUT2D eigenvalue weighted by Crippen LogP contribution is -2.32. The standard InChI is InChI=1S/C42H44N6O16S3/c1-6-62-13-14-63-15-16-64-37-22-33(47-46-30-12-9-28-19-31(65(52,53)54)21-39(32(28)20-30)67(58,59)60)24(2)17-35(37)43-41(50)27-7-10-29(11-8-27)45-48-40(26(4)49)42(51)44-34-18-25(3)38(66(55,56)57)23-36(34)61-5/h7-12,17-23,40H,6,13-16H2,1-5H3,(H,43,50)(H,44,51)(H,52,53,54)(H,55,56,57)(H,58,59,60). The van der Waals surface area contributed by atoms with Crippen molar-refractivity contribution in [2.24, 2.45) is 20.5 Å². The summed E-state index contributed by atoms with van der Waals surface area (Å²) in [5.74, 6) is -2.12. The van der Waals surface area contributed by atoms with Crippen molar-refractivity contribution in [1.29, 1.82) is 0 Å². The average molecular weight is 985 g/mol. The quantitative estimate of drug-likeness (QED) is 0.0214. The lowest BCUT2D eigenvalue weighted by Gasteiger charge is -2.15. The maximum absolute atomic E-state index is 13.5. The molecule has 0 heterocycles. The van der Waals surface area contributed by atoms with Crippen LogP contribution in [0.25, 0.3) is 10.8 Å². The van der Waals surface area contributed by atoms with Crippen LogP contribution in [0.1, 0.15) is 35.3 Å². The molecule has 5 aromatic carbocycles. The Bertz CT molecular complexity index is 3110. The van der Waals surface area contributed by atoms with Crippen LogP contribution in [0.2, 0.25) is 0 Å². The van der Waals surface area contributed by atoms with Crippen molar-refractivity contribution in [3.63, 3.8) is 0 Å². The molecule has 0 aliphatic rings. The van der Waals surface area contributed by atoms with Gasteiger partial charge in [0.05, 0.1) is 60.3 Å². The zero-order valence-corrected chi connectivity index (χ0v) is 38.7. The molecule has 0 aromatic heterocycles. The number of methoxy groups -OCH3 is 1. The molecule has 25 heteroatoms. The second-order valence-electron chi connectivity index (χ2n) is 14.3. The SMILES string of the molecule is CCOCCOCCOc1cc(N=Nc2ccc3cc(S(=O)(=O)O)cc(S(=O)(=O)O)c3c2)c(C)cc1NC(=O)c1ccc(N=NC(C(C)=O)C(=O)Nc2cc(C)c(S(=O)(=O)O)cc2OC)cc1. The number of hydrogen-bond donors (Lipinski definition) is 5. The van der Waals surface area contributed by atoms with Gasteiger partial charge in [-0.1, -0.05) is 6.07 Å². The average Bonchev–Trinajstić information content (AvgIpc) is 3.25. The Labute approximate surface area is 384 Å². The number of anilines is 2. The van der Waals surface area contributed by atoms with Crippen LogP contribution in [-0.2, 0) is 49.4 Å². The Kier molecular flexibility index (Phi) is 16.7. The molecule has 1 unspecified atom stereocenters. The van der Waals surface area contributed by atoms with Crippen LogP contribution in [0.3, 0.4) is 0 Å². The van der Waals surface area contributed by atoms with Crippen LogP contribution in [0.4, 0.5) is 28.4 Å². The predicted octanol–water partition coefficient (Wildman–Crippen LogP) is 6.98. The summed E-state index contributed by atoms with van der Waals surface area (Å²) in [6.45, 7) is 7.41. The van der Waals surface area contributed by atoms with Gasteiger partial charge in [0, 0.05) is 29.7 Å². The minimum atomic E-state index is -4.96. The van der Waals surface area contributed by atoms with Gasteiger partial charge in [0.2, 0.25) is 6.04 Å². The van der Waals surface area contributed by atoms with Crippen LogP contribution < -0.4 is 20.1 Å². The van der Waals surface area contributed by atoms with E-state index in [1.807, 2.05) is 6.92 Å². The molecule has 0 bridgehead atoms. The molecule has 5 N–H and O–H groups in total. The van der Waals surface area contributed by atoms with Gasteiger partial charge in [-0.25, -0.2) is 0 Å². The smallest absolute Gasteiger partial charge is 0.295 e. The van der Waals surface area contributed by atoms with E-state index >= 15 is 0 Å². The molecule has 0 radical (unpaired) electrons. The van der Waals surface area contributed by atoms with Crippen LogP contribution in [0.15, 0.2) is 114 Å². The molecule has 0 saturated heterocycles. The lowest BCUT2D eigenvalue weighted by atomic mass is 10.1. The summed E-state index contributed by atoms with van der Waals surface area (Å²) in [7, 11) is -13.2. The summed E-state index contributed by atoms with van der Waals surface area (Å²) in [6, 6.07) is 15.0. The van der Waals surface area contributed by atoms with Gasteiger partial charge in [-0.3, -0.25) is 28.0 Å². The highest BCUT2D eigenvalue weighted by molar-refractivity contribution is 7.87. The number of nitrogens with zero attached hydrogens (tertiary/aromatic N) is 4. The number of fused-ring (bicyclic) bond motifs is 1. The third kappa shape index (κ3) is 13.7. The molecule has 0 aliphatic heterocycles. The van der Waals surface area contributed by atoms with E-state index in [-0.39, 0.29) is 75.0 Å². The van der Waals surface area contributed by atoms with Crippen molar-refractivity contribution < 1.29 is 72.2 Å². The summed E-state index contributed by atoms with van der Waals surface area (Å²) in [6.07, 6.45) is 0. The van der Waals surface area contributed by atoms with Crippen molar-refractivity contribution in [3.05, 3.63) is 95.6 Å². The number of nitrogens with one attached hydrogen (secondary N) is 2. The van der Waals surface area contributed by atoms with Gasteiger partial charge >= 0.3 is 0 Å². The van der Waals surface area contributed by atoms with Crippen LogP contribution >= 0.6 is 0 Å². The van der Waals surface area contributed by atoms with Crippen molar-refractivity contribution in [2.45, 2.75) is 48.4 Å². The largest absolute Gasteiger partial charge is 0.495 e. The Balaban J connectivity index is 1.36. The summed E-state index contributed by atoms with van der Waals surface area (Å²) >= 11 is 0. The van der Waals surface area contributed by atoms with Gasteiger partial charge in [0.1, 0.15) is 27.9 Å². The first-order chi connectivity index (χ1) is 31.5. The number of carbonyl (C=O) groups is 3. The Morgan fingerprint density at radius 3 is 1.91 bits per heavy atom. The van der Waals surface area contributed by atoms with Gasteiger partial charge in [-0.05, 0) is 105 Å². The molecule has 0 spiro atoms. The number of ketones is 1. The normalized spacial score (nSPS) is 12.7. The minimum absolute atomic E-state index is 0.00552. The van der Waals surface area contributed by atoms with E-state index in [4.69, 9.17) is 18.9 Å². The monoisotopic (exact) mass is 984 g/mol. The van der Waals surface area contributed by atoms with Gasteiger partial charge in [-0.2, -0.15) is 45.7 Å². The molecular formula is C42H44N6O16S3. The summed E-state index contributed by atoms with van der Waals surface area (Å²) in [5, 5.41) is 21.6. The van der Waals surface area contributed by atoms with E-state index in [0.29, 0.717) is 31.5 Å². The van der Waals surface area contributed by atoms with E-state index in [9.17, 15) is 53.3 Å². The number of benzene rings is 5. The van der Waals surface area contributed by atoms with Gasteiger partial charge < -0.3 is 29.6 Å². The maximum Gasteiger partial charge on any atom is 0.295 e. The third-order valence-electron chi connectivity index (χ3n) is 9.41. The van der Waals surface area contributed by atoms with Crippen molar-refractivity contribution >= 4 is 87.2 Å². The van der Waals surface area contributed by atoms with E-state index in [2.05, 4.69) is 31.1 Å².